The van der Waals surface area contributed by atoms with Crippen molar-refractivity contribution >= 4 is 12.4 Å². The fourth-order valence-electron chi connectivity index (χ4n) is 2.05. The van der Waals surface area contributed by atoms with Crippen LogP contribution in [0.25, 0.3) is 0 Å². The molecule has 2 N–H and O–H groups in total. The van der Waals surface area contributed by atoms with E-state index in [1.54, 1.807) is 0 Å². The maximum atomic E-state index is 6.27. The molecule has 1 aromatic carbocycles. The summed E-state index contributed by atoms with van der Waals surface area (Å²) < 4.78 is 0. The lowest BCUT2D eigenvalue weighted by molar-refractivity contribution is 0.464. The van der Waals surface area contributed by atoms with Gasteiger partial charge in [0.1, 0.15) is 0 Å². The van der Waals surface area contributed by atoms with Crippen molar-refractivity contribution in [1.82, 2.24) is 0 Å². The molecular weight excluding hydrogens is 194 g/mol. The highest BCUT2D eigenvalue weighted by Crippen LogP contribution is 2.53. The fourth-order valence-corrected chi connectivity index (χ4v) is 2.05. The third-order valence-electron chi connectivity index (χ3n) is 3.32. The van der Waals surface area contributed by atoms with E-state index in [0.29, 0.717) is 11.8 Å². The van der Waals surface area contributed by atoms with E-state index in [1.807, 2.05) is 0 Å². The van der Waals surface area contributed by atoms with Crippen molar-refractivity contribution in [3.8, 4) is 0 Å². The quantitative estimate of drug-likeness (QED) is 0.800. The van der Waals surface area contributed by atoms with Crippen LogP contribution in [0, 0.1) is 5.92 Å². The minimum Gasteiger partial charge on any atom is -0.324 e. The van der Waals surface area contributed by atoms with Crippen molar-refractivity contribution in [2.45, 2.75) is 31.7 Å². The Balaban J connectivity index is 0.000000980. The van der Waals surface area contributed by atoms with Gasteiger partial charge in [-0.3, -0.25) is 0 Å². The Bertz CT molecular complexity index is 296. The molecular formula is C12H18ClN. The van der Waals surface area contributed by atoms with Crippen LogP contribution in [-0.2, 0) is 0 Å². The SMILES string of the molecule is CC(C)C1(N)CC1c1ccccc1.Cl. The highest BCUT2D eigenvalue weighted by molar-refractivity contribution is 5.85. The summed E-state index contributed by atoms with van der Waals surface area (Å²) in [5.41, 5.74) is 7.74. The second-order valence-corrected chi connectivity index (χ2v) is 4.43. The van der Waals surface area contributed by atoms with Crippen molar-refractivity contribution in [1.29, 1.82) is 0 Å². The van der Waals surface area contributed by atoms with Gasteiger partial charge in [0.25, 0.3) is 0 Å². The van der Waals surface area contributed by atoms with E-state index in [9.17, 15) is 0 Å². The Labute approximate surface area is 92.1 Å². The van der Waals surface area contributed by atoms with E-state index in [2.05, 4.69) is 44.2 Å². The summed E-state index contributed by atoms with van der Waals surface area (Å²) in [5.74, 6) is 1.17. The molecule has 2 atom stereocenters. The molecule has 0 aliphatic heterocycles. The van der Waals surface area contributed by atoms with Gasteiger partial charge in [-0.25, -0.2) is 0 Å². The molecule has 1 nitrogen and oxygen atoms in total. The number of rotatable bonds is 2. The number of hydrogen-bond acceptors (Lipinski definition) is 1. The second-order valence-electron chi connectivity index (χ2n) is 4.43. The van der Waals surface area contributed by atoms with Crippen molar-refractivity contribution < 1.29 is 0 Å². The first-order valence-corrected chi connectivity index (χ1v) is 4.98. The lowest BCUT2D eigenvalue weighted by Crippen LogP contribution is -2.30. The third-order valence-corrected chi connectivity index (χ3v) is 3.32. The summed E-state index contributed by atoms with van der Waals surface area (Å²) in [4.78, 5) is 0. The third kappa shape index (κ3) is 1.79. The average molecular weight is 212 g/mol. The van der Waals surface area contributed by atoms with Gasteiger partial charge in [-0.2, -0.15) is 0 Å². The van der Waals surface area contributed by atoms with Crippen LogP contribution >= 0.6 is 12.4 Å². The van der Waals surface area contributed by atoms with Gasteiger partial charge < -0.3 is 5.73 Å². The van der Waals surface area contributed by atoms with Crippen molar-refractivity contribution in [3.63, 3.8) is 0 Å². The molecule has 2 unspecified atom stereocenters. The van der Waals surface area contributed by atoms with Gasteiger partial charge in [0.15, 0.2) is 0 Å². The van der Waals surface area contributed by atoms with Gasteiger partial charge in [0, 0.05) is 11.5 Å². The average Bonchev–Trinajstić information content (AvgIpc) is 2.81. The van der Waals surface area contributed by atoms with Crippen molar-refractivity contribution in [2.24, 2.45) is 11.7 Å². The van der Waals surface area contributed by atoms with Crippen LogP contribution < -0.4 is 5.73 Å². The Kier molecular flexibility index (Phi) is 3.23. The second kappa shape index (κ2) is 3.92. The van der Waals surface area contributed by atoms with Gasteiger partial charge in [0.2, 0.25) is 0 Å². The van der Waals surface area contributed by atoms with Crippen LogP contribution in [0.5, 0.6) is 0 Å². The van der Waals surface area contributed by atoms with Gasteiger partial charge >= 0.3 is 0 Å². The molecule has 14 heavy (non-hydrogen) atoms. The molecule has 0 saturated heterocycles. The zero-order chi connectivity index (χ0) is 9.47. The van der Waals surface area contributed by atoms with E-state index < -0.39 is 0 Å². The molecule has 1 aromatic rings. The van der Waals surface area contributed by atoms with E-state index >= 15 is 0 Å². The molecule has 2 rings (SSSR count). The molecule has 1 aliphatic carbocycles. The predicted octanol–water partition coefficient (Wildman–Crippen LogP) is 2.95. The lowest BCUT2D eigenvalue weighted by Gasteiger charge is -2.15. The Morgan fingerprint density at radius 2 is 1.86 bits per heavy atom. The van der Waals surface area contributed by atoms with E-state index in [0.717, 1.165) is 6.42 Å². The Morgan fingerprint density at radius 1 is 1.29 bits per heavy atom. The van der Waals surface area contributed by atoms with Gasteiger partial charge in [-0.1, -0.05) is 44.2 Å². The van der Waals surface area contributed by atoms with Crippen LogP contribution in [0.2, 0.25) is 0 Å². The molecule has 0 amide bonds. The van der Waals surface area contributed by atoms with Gasteiger partial charge in [-0.05, 0) is 17.9 Å². The van der Waals surface area contributed by atoms with Gasteiger partial charge in [-0.15, -0.1) is 12.4 Å². The van der Waals surface area contributed by atoms with Crippen LogP contribution in [0.4, 0.5) is 0 Å². The number of halogens is 1. The first-order valence-electron chi connectivity index (χ1n) is 4.98. The maximum absolute atomic E-state index is 6.27. The molecule has 0 spiro atoms. The topological polar surface area (TPSA) is 26.0 Å². The van der Waals surface area contributed by atoms with Crippen LogP contribution in [-0.4, -0.2) is 5.54 Å². The summed E-state index contributed by atoms with van der Waals surface area (Å²) in [6.07, 6.45) is 1.15. The summed E-state index contributed by atoms with van der Waals surface area (Å²) >= 11 is 0. The van der Waals surface area contributed by atoms with Crippen LogP contribution in [0.15, 0.2) is 30.3 Å². The smallest absolute Gasteiger partial charge is 0.0254 e. The minimum atomic E-state index is 0. The first kappa shape index (κ1) is 11.5. The summed E-state index contributed by atoms with van der Waals surface area (Å²) in [6, 6.07) is 10.6. The summed E-state index contributed by atoms with van der Waals surface area (Å²) in [7, 11) is 0. The summed E-state index contributed by atoms with van der Waals surface area (Å²) in [5, 5.41) is 0. The molecule has 0 aromatic heterocycles. The van der Waals surface area contributed by atoms with Crippen LogP contribution in [0.3, 0.4) is 0 Å². The summed E-state index contributed by atoms with van der Waals surface area (Å²) in [6.45, 7) is 4.42. The first-order chi connectivity index (χ1) is 6.14. The van der Waals surface area contributed by atoms with Crippen molar-refractivity contribution in [3.05, 3.63) is 35.9 Å². The largest absolute Gasteiger partial charge is 0.324 e. The molecule has 1 aliphatic rings. The van der Waals surface area contributed by atoms with E-state index in [-0.39, 0.29) is 17.9 Å². The maximum Gasteiger partial charge on any atom is 0.0254 e. The molecule has 2 heteroatoms. The molecule has 0 bridgehead atoms. The molecule has 0 heterocycles. The zero-order valence-electron chi connectivity index (χ0n) is 8.73. The van der Waals surface area contributed by atoms with Crippen molar-refractivity contribution in [2.75, 3.05) is 0 Å². The van der Waals surface area contributed by atoms with Crippen LogP contribution in [0.1, 0.15) is 31.7 Å². The normalized spacial score (nSPS) is 29.9. The zero-order valence-corrected chi connectivity index (χ0v) is 9.55. The Morgan fingerprint density at radius 3 is 2.29 bits per heavy atom. The van der Waals surface area contributed by atoms with E-state index in [1.165, 1.54) is 5.56 Å². The number of nitrogens with two attached hydrogens (primary N) is 1. The Hall–Kier alpha value is -0.530. The standard InChI is InChI=1S/C12H17N.ClH/c1-9(2)12(13)8-11(12)10-6-4-3-5-7-10;/h3-7,9,11H,8,13H2,1-2H3;1H. The fraction of sp³-hybridized carbons (Fsp3) is 0.500. The molecule has 1 saturated carbocycles. The van der Waals surface area contributed by atoms with E-state index in [4.69, 9.17) is 5.73 Å². The highest BCUT2D eigenvalue weighted by Gasteiger charge is 2.53. The monoisotopic (exact) mass is 211 g/mol. The molecule has 1 fully saturated rings. The van der Waals surface area contributed by atoms with Gasteiger partial charge in [0.05, 0.1) is 0 Å². The number of hydrogen-bond donors (Lipinski definition) is 1. The lowest BCUT2D eigenvalue weighted by atomic mass is 9.97. The minimum absolute atomic E-state index is 0. The molecule has 0 radical (unpaired) electrons. The molecule has 78 valence electrons. The number of benzene rings is 1. The highest BCUT2D eigenvalue weighted by atomic mass is 35.5. The predicted molar refractivity (Wildman–Crippen MR) is 62.8 cm³/mol.